The van der Waals surface area contributed by atoms with Crippen LogP contribution in [0.3, 0.4) is 0 Å². The maximum atomic E-state index is 12.4. The summed E-state index contributed by atoms with van der Waals surface area (Å²) in [6, 6.07) is 9.64. The van der Waals surface area contributed by atoms with Gasteiger partial charge in [0.25, 0.3) is 0 Å². The van der Waals surface area contributed by atoms with Gasteiger partial charge in [-0.05, 0) is 24.8 Å². The Morgan fingerprint density at radius 1 is 1.27 bits per heavy atom. The maximum Gasteiger partial charge on any atom is 0.317 e. The zero-order valence-electron chi connectivity index (χ0n) is 13.0. The highest BCUT2D eigenvalue weighted by atomic mass is 16.4. The lowest BCUT2D eigenvalue weighted by atomic mass is 9.89. The Labute approximate surface area is 131 Å². The van der Waals surface area contributed by atoms with Gasteiger partial charge < -0.3 is 15.3 Å². The minimum Gasteiger partial charge on any atom is -0.481 e. The first kappa shape index (κ1) is 16.3. The van der Waals surface area contributed by atoms with Crippen LogP contribution in [-0.2, 0) is 4.79 Å². The summed E-state index contributed by atoms with van der Waals surface area (Å²) in [5.41, 5.74) is 1.07. The maximum absolute atomic E-state index is 12.4. The summed E-state index contributed by atoms with van der Waals surface area (Å²) in [7, 11) is 0. The van der Waals surface area contributed by atoms with E-state index < -0.39 is 11.9 Å². The number of carboxylic acid groups (broad SMARTS) is 1. The predicted octanol–water partition coefficient (Wildman–Crippen LogP) is 3.03. The fraction of sp³-hybridized carbons (Fsp3) is 0.529. The van der Waals surface area contributed by atoms with Gasteiger partial charge in [0.15, 0.2) is 0 Å². The Morgan fingerprint density at radius 3 is 2.64 bits per heavy atom. The van der Waals surface area contributed by atoms with Crippen LogP contribution in [0.15, 0.2) is 30.3 Å². The van der Waals surface area contributed by atoms with Crippen LogP contribution in [0, 0.1) is 5.92 Å². The summed E-state index contributed by atoms with van der Waals surface area (Å²) in [4.78, 5) is 25.4. The molecule has 1 saturated heterocycles. The van der Waals surface area contributed by atoms with Crippen LogP contribution < -0.4 is 5.32 Å². The first-order valence-electron chi connectivity index (χ1n) is 7.95. The summed E-state index contributed by atoms with van der Waals surface area (Å²) >= 11 is 0. The van der Waals surface area contributed by atoms with Gasteiger partial charge in [-0.3, -0.25) is 4.79 Å². The Morgan fingerprint density at radius 2 is 2.00 bits per heavy atom. The number of carbonyl (C=O) groups excluding carboxylic acids is 1. The van der Waals surface area contributed by atoms with E-state index in [4.69, 9.17) is 0 Å². The molecule has 0 spiro atoms. The lowest BCUT2D eigenvalue weighted by Gasteiger charge is -2.38. The number of nitrogens with zero attached hydrogens (tertiary/aromatic N) is 1. The number of carboxylic acids is 1. The van der Waals surface area contributed by atoms with Crippen LogP contribution in [0.2, 0.25) is 0 Å². The first-order valence-corrected chi connectivity index (χ1v) is 7.95. The number of urea groups is 1. The second-order valence-corrected chi connectivity index (χ2v) is 5.78. The molecule has 120 valence electrons. The van der Waals surface area contributed by atoms with Crippen molar-refractivity contribution in [3.63, 3.8) is 0 Å². The van der Waals surface area contributed by atoms with E-state index in [0.717, 1.165) is 18.4 Å². The van der Waals surface area contributed by atoms with Gasteiger partial charge in [-0.1, -0.05) is 43.7 Å². The van der Waals surface area contributed by atoms with E-state index in [-0.39, 0.29) is 18.6 Å². The molecule has 1 fully saturated rings. The summed E-state index contributed by atoms with van der Waals surface area (Å²) in [6.07, 6.45) is 3.23. The van der Waals surface area contributed by atoms with Crippen LogP contribution in [0.5, 0.6) is 0 Å². The summed E-state index contributed by atoms with van der Waals surface area (Å²) in [5, 5.41) is 12.2. The van der Waals surface area contributed by atoms with E-state index >= 15 is 0 Å². The lowest BCUT2D eigenvalue weighted by Crippen LogP contribution is -2.48. The van der Waals surface area contributed by atoms with Crippen molar-refractivity contribution >= 4 is 12.0 Å². The average Bonchev–Trinajstić information content (AvgIpc) is 2.55. The first-order chi connectivity index (χ1) is 10.6. The molecule has 2 amide bonds. The van der Waals surface area contributed by atoms with E-state index in [1.54, 1.807) is 4.90 Å². The molecule has 1 aromatic carbocycles. The standard InChI is InChI=1S/C17H24N2O3/c1-2-3-11-18-17(22)19-12-14(16(20)21)9-10-15(19)13-7-5-4-6-8-13/h4-8,14-15H,2-3,9-12H2,1H3,(H,18,22)(H,20,21). The molecule has 2 atom stereocenters. The van der Waals surface area contributed by atoms with Crippen LogP contribution >= 0.6 is 0 Å². The summed E-state index contributed by atoms with van der Waals surface area (Å²) < 4.78 is 0. The van der Waals surface area contributed by atoms with Crippen LogP contribution in [0.1, 0.15) is 44.2 Å². The van der Waals surface area contributed by atoms with Gasteiger partial charge in [0.05, 0.1) is 12.0 Å². The van der Waals surface area contributed by atoms with Gasteiger partial charge in [-0.15, -0.1) is 0 Å². The summed E-state index contributed by atoms with van der Waals surface area (Å²) in [5.74, 6) is -1.30. The lowest BCUT2D eigenvalue weighted by molar-refractivity contribution is -0.143. The van der Waals surface area contributed by atoms with Crippen LogP contribution in [0.25, 0.3) is 0 Å². The number of unbranched alkanes of at least 4 members (excludes halogenated alkanes) is 1. The number of nitrogens with one attached hydrogen (secondary N) is 1. The number of aliphatic carboxylic acids is 1. The topological polar surface area (TPSA) is 69.6 Å². The molecule has 0 bridgehead atoms. The quantitative estimate of drug-likeness (QED) is 0.821. The van der Waals surface area contributed by atoms with Crippen molar-refractivity contribution in [2.24, 2.45) is 5.92 Å². The highest BCUT2D eigenvalue weighted by Gasteiger charge is 2.35. The number of hydrogen-bond donors (Lipinski definition) is 2. The molecule has 1 aliphatic rings. The number of rotatable bonds is 5. The molecule has 2 unspecified atom stereocenters. The molecule has 22 heavy (non-hydrogen) atoms. The average molecular weight is 304 g/mol. The molecule has 5 nitrogen and oxygen atoms in total. The smallest absolute Gasteiger partial charge is 0.317 e. The number of likely N-dealkylation sites (tertiary alicyclic amines) is 1. The normalized spacial score (nSPS) is 21.4. The Hall–Kier alpha value is -2.04. The SMILES string of the molecule is CCCCNC(=O)N1CC(C(=O)O)CCC1c1ccccc1. The van der Waals surface area contributed by atoms with Crippen molar-refractivity contribution in [3.8, 4) is 0 Å². The third-order valence-corrected chi connectivity index (χ3v) is 4.18. The van der Waals surface area contributed by atoms with E-state index in [0.29, 0.717) is 19.4 Å². The predicted molar refractivity (Wildman–Crippen MR) is 84.6 cm³/mol. The molecular formula is C17H24N2O3. The van der Waals surface area contributed by atoms with Crippen molar-refractivity contribution in [3.05, 3.63) is 35.9 Å². The monoisotopic (exact) mass is 304 g/mol. The van der Waals surface area contributed by atoms with E-state index in [2.05, 4.69) is 12.2 Å². The third-order valence-electron chi connectivity index (χ3n) is 4.18. The van der Waals surface area contributed by atoms with E-state index in [1.165, 1.54) is 0 Å². The van der Waals surface area contributed by atoms with E-state index in [9.17, 15) is 14.7 Å². The molecule has 0 saturated carbocycles. The van der Waals surface area contributed by atoms with Gasteiger partial charge in [0.1, 0.15) is 0 Å². The molecule has 1 aromatic rings. The molecule has 5 heteroatoms. The van der Waals surface area contributed by atoms with Gasteiger partial charge in [0.2, 0.25) is 0 Å². The van der Waals surface area contributed by atoms with E-state index in [1.807, 2.05) is 30.3 Å². The van der Waals surface area contributed by atoms with Crippen molar-refractivity contribution in [2.75, 3.05) is 13.1 Å². The second kappa shape index (κ2) is 7.82. The number of benzene rings is 1. The molecule has 0 aliphatic carbocycles. The van der Waals surface area contributed by atoms with Gasteiger partial charge in [-0.2, -0.15) is 0 Å². The largest absolute Gasteiger partial charge is 0.481 e. The van der Waals surface area contributed by atoms with Crippen molar-refractivity contribution in [2.45, 2.75) is 38.6 Å². The number of amides is 2. The molecule has 1 heterocycles. The van der Waals surface area contributed by atoms with Crippen LogP contribution in [0.4, 0.5) is 4.79 Å². The van der Waals surface area contributed by atoms with Gasteiger partial charge in [-0.25, -0.2) is 4.79 Å². The molecular weight excluding hydrogens is 280 g/mol. The van der Waals surface area contributed by atoms with Crippen LogP contribution in [-0.4, -0.2) is 35.1 Å². The van der Waals surface area contributed by atoms with Gasteiger partial charge in [0, 0.05) is 13.1 Å². The Bertz CT molecular complexity index is 504. The molecule has 0 aromatic heterocycles. The number of hydrogen-bond acceptors (Lipinski definition) is 2. The number of piperidine rings is 1. The van der Waals surface area contributed by atoms with Gasteiger partial charge >= 0.3 is 12.0 Å². The third kappa shape index (κ3) is 4.00. The highest BCUT2D eigenvalue weighted by Crippen LogP contribution is 2.33. The number of carbonyl (C=O) groups is 2. The van der Waals surface area contributed by atoms with Crippen molar-refractivity contribution in [1.29, 1.82) is 0 Å². The molecule has 0 radical (unpaired) electrons. The zero-order chi connectivity index (χ0) is 15.9. The Balaban J connectivity index is 2.12. The summed E-state index contributed by atoms with van der Waals surface area (Å²) in [6.45, 7) is 2.97. The highest BCUT2D eigenvalue weighted by molar-refractivity contribution is 5.77. The zero-order valence-corrected chi connectivity index (χ0v) is 13.0. The minimum absolute atomic E-state index is 0.0431. The minimum atomic E-state index is -0.821. The molecule has 1 aliphatic heterocycles. The van der Waals surface area contributed by atoms with Crippen molar-refractivity contribution in [1.82, 2.24) is 10.2 Å². The molecule has 2 N–H and O–H groups in total. The fourth-order valence-corrected chi connectivity index (χ4v) is 2.89. The van der Waals surface area contributed by atoms with Crippen molar-refractivity contribution < 1.29 is 14.7 Å². The Kier molecular flexibility index (Phi) is 5.81. The molecule has 2 rings (SSSR count). The fourth-order valence-electron chi connectivity index (χ4n) is 2.89. The second-order valence-electron chi connectivity index (χ2n) is 5.78.